The van der Waals surface area contributed by atoms with Crippen LogP contribution in [0, 0.1) is 0 Å². The van der Waals surface area contributed by atoms with E-state index in [0.717, 1.165) is 41.4 Å². The predicted octanol–water partition coefficient (Wildman–Crippen LogP) is 4.18. The average molecular weight is 397 g/mol. The van der Waals surface area contributed by atoms with Gasteiger partial charge in [-0.2, -0.15) is 5.10 Å². The van der Waals surface area contributed by atoms with Crippen LogP contribution >= 0.6 is 0 Å². The van der Waals surface area contributed by atoms with Crippen molar-refractivity contribution in [2.45, 2.75) is 51.7 Å². The second-order valence-corrected chi connectivity index (χ2v) is 8.65. The van der Waals surface area contributed by atoms with Gasteiger partial charge in [0.15, 0.2) is 0 Å². The van der Waals surface area contributed by atoms with Gasteiger partial charge in [-0.15, -0.1) is 0 Å². The molecule has 0 unspecified atom stereocenters. The highest BCUT2D eigenvalue weighted by Crippen LogP contribution is 2.40. The van der Waals surface area contributed by atoms with Crippen molar-refractivity contribution in [1.82, 2.24) is 14.7 Å². The topological polar surface area (TPSA) is 73.7 Å². The van der Waals surface area contributed by atoms with Crippen molar-refractivity contribution in [3.8, 4) is 0 Å². The number of nitrogens with zero attached hydrogens (tertiary/aromatic N) is 3. The molecule has 1 fully saturated rings. The smallest absolute Gasteiger partial charge is 0.410 e. The Labute approximate surface area is 170 Å². The molecule has 1 aromatic carbocycles. The molecule has 1 aromatic heterocycles. The van der Waals surface area contributed by atoms with Gasteiger partial charge in [0.2, 0.25) is 0 Å². The molecule has 0 radical (unpaired) electrons. The third kappa shape index (κ3) is 3.99. The Bertz CT molecular complexity index is 995. The van der Waals surface area contributed by atoms with E-state index in [9.17, 15) is 9.59 Å². The van der Waals surface area contributed by atoms with Gasteiger partial charge in [0.25, 0.3) is 0 Å². The number of hydrogen-bond acceptors (Lipinski definition) is 5. The van der Waals surface area contributed by atoms with E-state index >= 15 is 0 Å². The van der Waals surface area contributed by atoms with Crippen LogP contribution < -0.4 is 0 Å². The van der Waals surface area contributed by atoms with Gasteiger partial charge in [0, 0.05) is 18.5 Å². The fourth-order valence-electron chi connectivity index (χ4n) is 3.63. The fraction of sp³-hybridized carbons (Fsp3) is 0.500. The van der Waals surface area contributed by atoms with E-state index in [1.807, 2.05) is 32.9 Å². The molecule has 1 saturated carbocycles. The van der Waals surface area contributed by atoms with Gasteiger partial charge in [-0.05, 0) is 63.8 Å². The summed E-state index contributed by atoms with van der Waals surface area (Å²) in [6.45, 7) is 6.70. The molecule has 2 heterocycles. The van der Waals surface area contributed by atoms with Crippen LogP contribution in [-0.4, -0.2) is 52.5 Å². The molecule has 4 rings (SSSR count). The maximum absolute atomic E-state index is 12.4. The van der Waals surface area contributed by atoms with Gasteiger partial charge in [-0.25, -0.2) is 9.59 Å². The summed E-state index contributed by atoms with van der Waals surface area (Å²) in [6.07, 6.45) is 4.73. The molecule has 2 aliphatic rings. The molecule has 0 spiro atoms. The number of esters is 1. The van der Waals surface area contributed by atoms with E-state index in [2.05, 4.69) is 10.8 Å². The predicted molar refractivity (Wildman–Crippen MR) is 110 cm³/mol. The molecule has 7 heteroatoms. The van der Waals surface area contributed by atoms with Crippen molar-refractivity contribution in [3.05, 3.63) is 35.5 Å². The zero-order valence-electron chi connectivity index (χ0n) is 17.4. The van der Waals surface area contributed by atoms with Crippen molar-refractivity contribution >= 4 is 28.5 Å². The minimum Gasteiger partial charge on any atom is -0.465 e. The third-order valence-corrected chi connectivity index (χ3v) is 5.18. The monoisotopic (exact) mass is 397 g/mol. The van der Waals surface area contributed by atoms with E-state index in [1.54, 1.807) is 11.0 Å². The number of rotatable bonds is 3. The van der Waals surface area contributed by atoms with Crippen LogP contribution in [0.4, 0.5) is 4.79 Å². The van der Waals surface area contributed by atoms with E-state index in [0.29, 0.717) is 24.7 Å². The lowest BCUT2D eigenvalue weighted by molar-refractivity contribution is 0.0270. The third-order valence-electron chi connectivity index (χ3n) is 5.18. The molecule has 1 amide bonds. The molecule has 29 heavy (non-hydrogen) atoms. The lowest BCUT2D eigenvalue weighted by Gasteiger charge is -2.29. The minimum atomic E-state index is -0.508. The highest BCUT2D eigenvalue weighted by atomic mass is 16.6. The molecular weight excluding hydrogens is 370 g/mol. The number of fused-ring (bicyclic) bond motifs is 1. The first-order valence-corrected chi connectivity index (χ1v) is 10.0. The van der Waals surface area contributed by atoms with Gasteiger partial charge in [0.1, 0.15) is 5.60 Å². The molecule has 7 nitrogen and oxygen atoms in total. The average Bonchev–Trinajstić information content (AvgIpc) is 3.46. The Hall–Kier alpha value is -2.83. The normalized spacial score (nSPS) is 17.2. The number of methoxy groups -OCH3 is 1. The summed E-state index contributed by atoms with van der Waals surface area (Å²) in [6, 6.07) is 5.90. The minimum absolute atomic E-state index is 0.290. The van der Waals surface area contributed by atoms with E-state index < -0.39 is 5.60 Å². The van der Waals surface area contributed by atoms with E-state index in [-0.39, 0.29) is 12.1 Å². The Morgan fingerprint density at radius 1 is 1.21 bits per heavy atom. The Balaban J connectivity index is 1.67. The van der Waals surface area contributed by atoms with Gasteiger partial charge >= 0.3 is 12.1 Å². The first kappa shape index (κ1) is 19.5. The molecular formula is C22H27N3O4. The van der Waals surface area contributed by atoms with E-state index in [4.69, 9.17) is 14.6 Å². The van der Waals surface area contributed by atoms with Crippen LogP contribution in [0.25, 0.3) is 16.5 Å². The molecule has 0 bridgehead atoms. The first-order valence-electron chi connectivity index (χ1n) is 10.0. The molecule has 1 aliphatic carbocycles. The molecule has 0 N–H and O–H groups in total. The van der Waals surface area contributed by atoms with Gasteiger partial charge in [0.05, 0.1) is 29.9 Å². The standard InChI is InChI=1S/C22H27N3O4/c1-22(2,3)29-21(27)24-11-9-14(10-12-24)19-17-13-15(20(26)28-4)5-8-18(17)23-25(19)16-6-7-16/h5,8-9,13,16H,6-7,10-12H2,1-4H3. The van der Waals surface area contributed by atoms with Gasteiger partial charge in [-0.1, -0.05) is 6.08 Å². The van der Waals surface area contributed by atoms with Crippen LogP contribution in [0.15, 0.2) is 24.3 Å². The number of ether oxygens (including phenoxy) is 2. The zero-order chi connectivity index (χ0) is 20.8. The summed E-state index contributed by atoms with van der Waals surface area (Å²) in [5, 5.41) is 5.75. The summed E-state index contributed by atoms with van der Waals surface area (Å²) < 4.78 is 12.5. The highest BCUT2D eigenvalue weighted by Gasteiger charge is 2.31. The van der Waals surface area contributed by atoms with Gasteiger partial charge < -0.3 is 14.4 Å². The van der Waals surface area contributed by atoms with Crippen molar-refractivity contribution in [3.63, 3.8) is 0 Å². The molecule has 2 aromatic rings. The molecule has 154 valence electrons. The van der Waals surface area contributed by atoms with Crippen molar-refractivity contribution in [2.75, 3.05) is 20.2 Å². The summed E-state index contributed by atoms with van der Waals surface area (Å²) in [5.74, 6) is -0.356. The summed E-state index contributed by atoms with van der Waals surface area (Å²) in [5.41, 5.74) is 3.09. The maximum Gasteiger partial charge on any atom is 0.410 e. The maximum atomic E-state index is 12.4. The number of benzene rings is 1. The summed E-state index contributed by atoms with van der Waals surface area (Å²) >= 11 is 0. The largest absolute Gasteiger partial charge is 0.465 e. The van der Waals surface area contributed by atoms with Crippen molar-refractivity contribution in [2.24, 2.45) is 0 Å². The lowest BCUT2D eigenvalue weighted by Crippen LogP contribution is -2.39. The fourth-order valence-corrected chi connectivity index (χ4v) is 3.63. The van der Waals surface area contributed by atoms with Crippen LogP contribution in [0.1, 0.15) is 62.1 Å². The van der Waals surface area contributed by atoms with Crippen LogP contribution in [0.2, 0.25) is 0 Å². The lowest BCUT2D eigenvalue weighted by atomic mass is 10.0. The van der Waals surface area contributed by atoms with Crippen LogP contribution in [0.5, 0.6) is 0 Å². The second kappa shape index (κ2) is 7.21. The molecule has 0 atom stereocenters. The second-order valence-electron chi connectivity index (χ2n) is 8.65. The first-order chi connectivity index (χ1) is 13.8. The molecule has 0 saturated heterocycles. The highest BCUT2D eigenvalue weighted by molar-refractivity contribution is 5.98. The Morgan fingerprint density at radius 3 is 2.55 bits per heavy atom. The van der Waals surface area contributed by atoms with Crippen LogP contribution in [0.3, 0.4) is 0 Å². The SMILES string of the molecule is COC(=O)c1ccc2nn(C3CC3)c(C3=CCN(C(=O)OC(C)(C)C)CC3)c2c1. The van der Waals surface area contributed by atoms with Crippen molar-refractivity contribution in [1.29, 1.82) is 0 Å². The zero-order valence-corrected chi connectivity index (χ0v) is 17.4. The Morgan fingerprint density at radius 2 is 1.97 bits per heavy atom. The summed E-state index contributed by atoms with van der Waals surface area (Å²) in [4.78, 5) is 26.1. The number of amides is 1. The number of carbonyl (C=O) groups excluding carboxylic acids is 2. The van der Waals surface area contributed by atoms with Gasteiger partial charge in [-0.3, -0.25) is 4.68 Å². The summed E-state index contributed by atoms with van der Waals surface area (Å²) in [7, 11) is 1.38. The Kier molecular flexibility index (Phi) is 4.84. The van der Waals surface area contributed by atoms with Crippen LogP contribution in [-0.2, 0) is 9.47 Å². The quantitative estimate of drug-likeness (QED) is 0.727. The number of hydrogen-bond donors (Lipinski definition) is 0. The number of carbonyl (C=O) groups is 2. The molecule has 1 aliphatic heterocycles. The van der Waals surface area contributed by atoms with Crippen molar-refractivity contribution < 1.29 is 19.1 Å². The number of aromatic nitrogens is 2. The van der Waals surface area contributed by atoms with E-state index in [1.165, 1.54) is 7.11 Å².